The summed E-state index contributed by atoms with van der Waals surface area (Å²) in [4.78, 5) is 23.1. The lowest BCUT2D eigenvalue weighted by Gasteiger charge is -2.09. The fourth-order valence-corrected chi connectivity index (χ4v) is 2.28. The van der Waals surface area contributed by atoms with Gasteiger partial charge in [0.05, 0.1) is 10.8 Å². The number of hydrogen-bond acceptors (Lipinski definition) is 4. The van der Waals surface area contributed by atoms with Gasteiger partial charge < -0.3 is 4.74 Å². The van der Waals surface area contributed by atoms with Gasteiger partial charge in [0.1, 0.15) is 12.4 Å². The molecule has 116 valence electrons. The van der Waals surface area contributed by atoms with Crippen LogP contribution in [0.5, 0.6) is 5.88 Å². The molecule has 6 heteroatoms. The van der Waals surface area contributed by atoms with Crippen LogP contribution in [0.4, 0.5) is 4.39 Å². The Morgan fingerprint density at radius 3 is 2.83 bits per heavy atom. The first-order valence-electron chi connectivity index (χ1n) is 6.96. The summed E-state index contributed by atoms with van der Waals surface area (Å²) in [6.07, 6.45) is 0. The number of hydrogen-bond donors (Lipinski definition) is 1. The number of halogens is 1. The van der Waals surface area contributed by atoms with Crippen molar-refractivity contribution in [2.75, 3.05) is 0 Å². The Balaban J connectivity index is 1.94. The highest BCUT2D eigenvalue weighted by Crippen LogP contribution is 2.23. The van der Waals surface area contributed by atoms with Crippen molar-refractivity contribution >= 4 is 16.6 Å². The largest absolute Gasteiger partial charge is 0.471 e. The summed E-state index contributed by atoms with van der Waals surface area (Å²) < 4.78 is 19.5. The summed E-state index contributed by atoms with van der Waals surface area (Å²) in [5, 5.41) is 6.27. The topological polar surface area (TPSA) is 72.0 Å². The maximum absolute atomic E-state index is 14.0. The predicted molar refractivity (Wildman–Crippen MR) is 83.1 cm³/mol. The van der Waals surface area contributed by atoms with E-state index in [1.165, 1.54) is 25.1 Å². The number of ether oxygens (including phenoxy) is 1. The summed E-state index contributed by atoms with van der Waals surface area (Å²) in [6, 6.07) is 11.1. The Bertz CT molecular complexity index is 950. The molecule has 0 fully saturated rings. The molecular formula is C17H13FN2O3. The summed E-state index contributed by atoms with van der Waals surface area (Å²) in [6.45, 7) is 1.58. The molecule has 5 nitrogen and oxygen atoms in total. The Hall–Kier alpha value is -3.02. The molecule has 23 heavy (non-hydrogen) atoms. The van der Waals surface area contributed by atoms with Crippen LogP contribution in [0.25, 0.3) is 10.8 Å². The van der Waals surface area contributed by atoms with Gasteiger partial charge in [0.25, 0.3) is 5.56 Å². The minimum absolute atomic E-state index is 0.00549. The predicted octanol–water partition coefficient (Wildman–Crippen LogP) is 2.84. The molecule has 3 aromatic rings. The lowest BCUT2D eigenvalue weighted by Crippen LogP contribution is -2.11. The highest BCUT2D eigenvalue weighted by atomic mass is 19.1. The van der Waals surface area contributed by atoms with Crippen molar-refractivity contribution < 1.29 is 13.9 Å². The van der Waals surface area contributed by atoms with E-state index >= 15 is 0 Å². The van der Waals surface area contributed by atoms with Crippen LogP contribution in [-0.4, -0.2) is 16.0 Å². The summed E-state index contributed by atoms with van der Waals surface area (Å²) in [5.41, 5.74) is 0.831. The second kappa shape index (κ2) is 6.00. The molecule has 0 radical (unpaired) electrons. The van der Waals surface area contributed by atoms with Gasteiger partial charge in [0.15, 0.2) is 5.78 Å². The van der Waals surface area contributed by atoms with E-state index in [1.807, 2.05) is 0 Å². The molecular weight excluding hydrogens is 299 g/mol. The van der Waals surface area contributed by atoms with E-state index in [0.29, 0.717) is 5.56 Å². The molecule has 0 saturated heterocycles. The average Bonchev–Trinajstić information content (AvgIpc) is 2.55. The lowest BCUT2D eigenvalue weighted by molar-refractivity contribution is 0.101. The first kappa shape index (κ1) is 14.9. The smallest absolute Gasteiger partial charge is 0.272 e. The summed E-state index contributed by atoms with van der Waals surface area (Å²) in [5.74, 6) is -0.620. The van der Waals surface area contributed by atoms with Crippen LogP contribution in [0.15, 0.2) is 47.3 Å². The number of ketones is 1. The van der Waals surface area contributed by atoms with Crippen molar-refractivity contribution in [3.8, 4) is 5.88 Å². The second-order valence-corrected chi connectivity index (χ2v) is 5.07. The van der Waals surface area contributed by atoms with Gasteiger partial charge in [-0.05, 0) is 30.7 Å². The van der Waals surface area contributed by atoms with E-state index in [9.17, 15) is 14.0 Å². The number of aromatic nitrogens is 2. The minimum Gasteiger partial charge on any atom is -0.471 e. The molecule has 0 atom stereocenters. The molecule has 0 unspecified atom stereocenters. The van der Waals surface area contributed by atoms with Crippen molar-refractivity contribution in [1.29, 1.82) is 0 Å². The first-order valence-corrected chi connectivity index (χ1v) is 6.96. The van der Waals surface area contributed by atoms with Crippen molar-refractivity contribution in [2.45, 2.75) is 13.5 Å². The third kappa shape index (κ3) is 2.96. The Kier molecular flexibility index (Phi) is 3.89. The Labute approximate surface area is 130 Å². The van der Waals surface area contributed by atoms with E-state index < -0.39 is 11.4 Å². The normalized spacial score (nSPS) is 10.7. The van der Waals surface area contributed by atoms with Crippen LogP contribution in [0.3, 0.4) is 0 Å². The summed E-state index contributed by atoms with van der Waals surface area (Å²) in [7, 11) is 0. The molecule has 3 rings (SSSR count). The van der Waals surface area contributed by atoms with Crippen molar-refractivity contribution in [3.63, 3.8) is 0 Å². The standard InChI is InChI=1S/C17H13FN2O3/c1-10(21)12-5-2-4-11(8-12)9-23-17-15-13(16(22)19-20-17)6-3-7-14(15)18/h2-8H,9H2,1H3,(H,19,22). The van der Waals surface area contributed by atoms with E-state index in [1.54, 1.807) is 24.3 Å². The number of rotatable bonds is 4. The van der Waals surface area contributed by atoms with Crippen molar-refractivity contribution in [3.05, 3.63) is 69.8 Å². The second-order valence-electron chi connectivity index (χ2n) is 5.07. The SMILES string of the molecule is CC(=O)c1cccc(COc2n[nH]c(=O)c3cccc(F)c23)c1. The molecule has 0 aliphatic rings. The number of nitrogens with zero attached hydrogens (tertiary/aromatic N) is 1. The van der Waals surface area contributed by atoms with Crippen molar-refractivity contribution in [1.82, 2.24) is 10.2 Å². The van der Waals surface area contributed by atoms with E-state index in [0.717, 1.165) is 5.56 Å². The minimum atomic E-state index is -0.575. The van der Waals surface area contributed by atoms with Gasteiger partial charge in [-0.2, -0.15) is 0 Å². The molecule has 0 amide bonds. The van der Waals surface area contributed by atoms with Gasteiger partial charge in [-0.3, -0.25) is 9.59 Å². The zero-order valence-corrected chi connectivity index (χ0v) is 12.3. The van der Waals surface area contributed by atoms with Crippen molar-refractivity contribution in [2.24, 2.45) is 0 Å². The highest BCUT2D eigenvalue weighted by Gasteiger charge is 2.12. The zero-order chi connectivity index (χ0) is 16.4. The molecule has 1 heterocycles. The summed E-state index contributed by atoms with van der Waals surface area (Å²) >= 11 is 0. The molecule has 2 aromatic carbocycles. The number of Topliss-reactive ketones (excluding diaryl/α,β-unsaturated/α-hetero) is 1. The molecule has 1 aromatic heterocycles. The number of carbonyl (C=O) groups excluding carboxylic acids is 1. The number of fused-ring (bicyclic) bond motifs is 1. The van der Waals surface area contributed by atoms with E-state index in [-0.39, 0.29) is 29.0 Å². The van der Waals surface area contributed by atoms with Gasteiger partial charge in [-0.15, -0.1) is 5.10 Å². The zero-order valence-electron chi connectivity index (χ0n) is 12.3. The third-order valence-corrected chi connectivity index (χ3v) is 3.44. The Morgan fingerprint density at radius 2 is 2.04 bits per heavy atom. The molecule has 0 bridgehead atoms. The maximum Gasteiger partial charge on any atom is 0.272 e. The number of aromatic amines is 1. The van der Waals surface area contributed by atoms with Crippen LogP contribution < -0.4 is 10.3 Å². The fraction of sp³-hybridized carbons (Fsp3) is 0.118. The quantitative estimate of drug-likeness (QED) is 0.752. The van der Waals surface area contributed by atoms with Gasteiger partial charge in [0, 0.05) is 5.56 Å². The van der Waals surface area contributed by atoms with Crippen LogP contribution in [0, 0.1) is 5.82 Å². The van der Waals surface area contributed by atoms with Crippen LogP contribution in [0.2, 0.25) is 0 Å². The monoisotopic (exact) mass is 312 g/mol. The van der Waals surface area contributed by atoms with E-state index in [4.69, 9.17) is 4.74 Å². The molecule has 0 saturated carbocycles. The van der Waals surface area contributed by atoms with Crippen LogP contribution in [0.1, 0.15) is 22.8 Å². The molecule has 0 aliphatic heterocycles. The van der Waals surface area contributed by atoms with Gasteiger partial charge in [-0.25, -0.2) is 9.49 Å². The van der Waals surface area contributed by atoms with E-state index in [2.05, 4.69) is 10.2 Å². The van der Waals surface area contributed by atoms with Gasteiger partial charge >= 0.3 is 0 Å². The number of H-pyrrole nitrogens is 1. The average molecular weight is 312 g/mol. The number of benzene rings is 2. The van der Waals surface area contributed by atoms with Crippen LogP contribution >= 0.6 is 0 Å². The van der Waals surface area contributed by atoms with Gasteiger partial charge in [-0.1, -0.05) is 24.3 Å². The Morgan fingerprint density at radius 1 is 1.26 bits per heavy atom. The maximum atomic E-state index is 14.0. The molecule has 0 aliphatic carbocycles. The fourth-order valence-electron chi connectivity index (χ4n) is 2.28. The molecule has 0 spiro atoms. The molecule has 1 N–H and O–H groups in total. The number of nitrogens with one attached hydrogen (secondary N) is 1. The third-order valence-electron chi connectivity index (χ3n) is 3.44. The first-order chi connectivity index (χ1) is 11.1. The lowest BCUT2D eigenvalue weighted by atomic mass is 10.1. The van der Waals surface area contributed by atoms with Crippen LogP contribution in [-0.2, 0) is 6.61 Å². The number of carbonyl (C=O) groups is 1. The van der Waals surface area contributed by atoms with Gasteiger partial charge in [0.2, 0.25) is 5.88 Å². The highest BCUT2D eigenvalue weighted by molar-refractivity contribution is 5.94.